The molecule has 3 aromatic heterocycles. The van der Waals surface area contributed by atoms with Crippen LogP contribution in [0.4, 0.5) is 0 Å². The Morgan fingerprint density at radius 3 is 3.08 bits per heavy atom. The number of carbonyl (C=O) groups is 1. The number of nitrogens with zero attached hydrogens (tertiary/aromatic N) is 3. The smallest absolute Gasteiger partial charge is 0.231 e. The van der Waals surface area contributed by atoms with Crippen LogP contribution in [0, 0.1) is 0 Å². The molecule has 8 heteroatoms. The number of imidazole rings is 1. The van der Waals surface area contributed by atoms with Gasteiger partial charge in [0.2, 0.25) is 11.7 Å². The number of aromatic nitrogens is 4. The van der Waals surface area contributed by atoms with Crippen molar-refractivity contribution in [2.45, 2.75) is 18.1 Å². The minimum atomic E-state index is -0.165. The zero-order chi connectivity index (χ0) is 16.5. The molecular weight excluding hydrogens is 326 g/mol. The third kappa shape index (κ3) is 2.65. The van der Waals surface area contributed by atoms with Crippen molar-refractivity contribution in [1.29, 1.82) is 0 Å². The molecule has 7 nitrogen and oxygen atoms in total. The van der Waals surface area contributed by atoms with Crippen molar-refractivity contribution in [2.24, 2.45) is 0 Å². The van der Waals surface area contributed by atoms with Crippen molar-refractivity contribution >= 4 is 34.5 Å². The Bertz CT molecular complexity index is 989. The number of benzene rings is 1. The predicted octanol–water partition coefficient (Wildman–Crippen LogP) is 2.77. The first-order valence-electron chi connectivity index (χ1n) is 7.49. The van der Waals surface area contributed by atoms with E-state index in [-0.39, 0.29) is 17.7 Å². The van der Waals surface area contributed by atoms with Crippen LogP contribution in [-0.2, 0) is 4.79 Å². The summed E-state index contributed by atoms with van der Waals surface area (Å²) in [5.41, 5.74) is 1.86. The Balaban J connectivity index is 1.47. The fraction of sp³-hybridized carbons (Fsp3) is 0.188. The third-order valence-electron chi connectivity index (χ3n) is 3.68. The van der Waals surface area contributed by atoms with Crippen molar-refractivity contribution in [3.63, 3.8) is 0 Å². The second-order valence-electron chi connectivity index (χ2n) is 5.36. The molecule has 0 bridgehead atoms. The Kier molecular flexibility index (Phi) is 3.73. The molecule has 0 saturated carbocycles. The minimum absolute atomic E-state index is 0.0792. The number of fused-ring (bicyclic) bond motifs is 3. The molecule has 0 spiro atoms. The highest BCUT2D eigenvalue weighted by Gasteiger charge is 2.15. The summed E-state index contributed by atoms with van der Waals surface area (Å²) in [4.78, 5) is 16.6. The number of aromatic amines is 1. The number of carbonyl (C=O) groups excluding carboxylic acids is 1. The van der Waals surface area contributed by atoms with Crippen LogP contribution in [0.25, 0.3) is 16.8 Å². The van der Waals surface area contributed by atoms with Gasteiger partial charge in [0.15, 0.2) is 5.16 Å². The van der Waals surface area contributed by atoms with Gasteiger partial charge in [-0.05, 0) is 31.2 Å². The van der Waals surface area contributed by atoms with Gasteiger partial charge in [0.25, 0.3) is 0 Å². The van der Waals surface area contributed by atoms with Crippen LogP contribution >= 0.6 is 11.8 Å². The van der Waals surface area contributed by atoms with E-state index < -0.39 is 0 Å². The minimum Gasteiger partial charge on any atom is -0.467 e. The monoisotopic (exact) mass is 341 g/mol. The van der Waals surface area contributed by atoms with E-state index in [9.17, 15) is 4.79 Å². The fourth-order valence-corrected chi connectivity index (χ4v) is 3.33. The van der Waals surface area contributed by atoms with Crippen LogP contribution in [0.5, 0.6) is 0 Å². The average molecular weight is 341 g/mol. The second-order valence-corrected chi connectivity index (χ2v) is 6.30. The molecule has 3 heterocycles. The standard InChI is InChI=1S/C16H15N5O2S/c1-10(13-7-4-8-23-13)17-14(22)9-24-16-20-19-15-18-11-5-2-3-6-12(11)21(15)16/h2-8,10H,9H2,1H3,(H,17,22)(H,18,19)/t10-/m1/s1. The Labute approximate surface area is 141 Å². The van der Waals surface area contributed by atoms with Gasteiger partial charge in [-0.25, -0.2) is 10.1 Å². The van der Waals surface area contributed by atoms with Crippen molar-refractivity contribution in [1.82, 2.24) is 24.9 Å². The van der Waals surface area contributed by atoms with Crippen molar-refractivity contribution < 1.29 is 9.21 Å². The molecule has 24 heavy (non-hydrogen) atoms. The predicted molar refractivity (Wildman–Crippen MR) is 90.8 cm³/mol. The number of amides is 1. The lowest BCUT2D eigenvalue weighted by Crippen LogP contribution is -2.28. The number of thioether (sulfide) groups is 1. The number of rotatable bonds is 5. The first-order chi connectivity index (χ1) is 11.7. The average Bonchev–Trinajstić information content (AvgIpc) is 3.29. The molecular formula is C16H15N5O2S. The van der Waals surface area contributed by atoms with Crippen LogP contribution in [-0.4, -0.2) is 31.2 Å². The van der Waals surface area contributed by atoms with Crippen molar-refractivity contribution in [3.8, 4) is 0 Å². The van der Waals surface area contributed by atoms with Gasteiger partial charge >= 0.3 is 0 Å². The van der Waals surface area contributed by atoms with E-state index in [2.05, 4.69) is 20.5 Å². The van der Waals surface area contributed by atoms with E-state index in [0.717, 1.165) is 16.8 Å². The quantitative estimate of drug-likeness (QED) is 0.545. The maximum atomic E-state index is 12.1. The molecule has 0 unspecified atom stereocenters. The highest BCUT2D eigenvalue weighted by Crippen LogP contribution is 2.23. The fourth-order valence-electron chi connectivity index (χ4n) is 2.56. The molecule has 122 valence electrons. The van der Waals surface area contributed by atoms with Gasteiger partial charge in [-0.2, -0.15) is 0 Å². The van der Waals surface area contributed by atoms with Gasteiger partial charge in [-0.1, -0.05) is 23.9 Å². The first kappa shape index (κ1) is 14.8. The molecule has 1 aromatic carbocycles. The maximum Gasteiger partial charge on any atom is 0.231 e. The van der Waals surface area contributed by atoms with E-state index in [4.69, 9.17) is 4.42 Å². The summed E-state index contributed by atoms with van der Waals surface area (Å²) >= 11 is 1.36. The van der Waals surface area contributed by atoms with E-state index in [1.165, 1.54) is 11.8 Å². The van der Waals surface area contributed by atoms with Gasteiger partial charge in [0.05, 0.1) is 29.1 Å². The van der Waals surface area contributed by atoms with Gasteiger partial charge in [-0.15, -0.1) is 5.10 Å². The lowest BCUT2D eigenvalue weighted by atomic mass is 10.2. The summed E-state index contributed by atoms with van der Waals surface area (Å²) in [6.07, 6.45) is 1.59. The van der Waals surface area contributed by atoms with E-state index in [0.29, 0.717) is 10.9 Å². The molecule has 1 amide bonds. The summed E-state index contributed by atoms with van der Waals surface area (Å²) in [5, 5.41) is 10.8. The molecule has 0 aliphatic heterocycles. The number of furan rings is 1. The Hall–Kier alpha value is -2.74. The van der Waals surface area contributed by atoms with Crippen LogP contribution in [0.15, 0.2) is 52.2 Å². The highest BCUT2D eigenvalue weighted by atomic mass is 32.2. The summed E-state index contributed by atoms with van der Waals surface area (Å²) in [6.45, 7) is 1.89. The molecule has 2 N–H and O–H groups in total. The normalized spacial score (nSPS) is 12.7. The first-order valence-corrected chi connectivity index (χ1v) is 8.48. The largest absolute Gasteiger partial charge is 0.467 e. The zero-order valence-electron chi connectivity index (χ0n) is 12.9. The molecule has 0 aliphatic rings. The summed E-state index contributed by atoms with van der Waals surface area (Å²) in [7, 11) is 0. The molecule has 0 saturated heterocycles. The summed E-state index contributed by atoms with van der Waals surface area (Å²) < 4.78 is 7.21. The molecule has 4 rings (SSSR count). The Morgan fingerprint density at radius 2 is 2.25 bits per heavy atom. The third-order valence-corrected chi connectivity index (χ3v) is 4.62. The number of para-hydroxylation sites is 2. The lowest BCUT2D eigenvalue weighted by Gasteiger charge is -2.10. The second kappa shape index (κ2) is 6.04. The summed E-state index contributed by atoms with van der Waals surface area (Å²) in [6, 6.07) is 11.3. The topological polar surface area (TPSA) is 88.2 Å². The van der Waals surface area contributed by atoms with Gasteiger partial charge in [0, 0.05) is 0 Å². The van der Waals surface area contributed by atoms with Crippen LogP contribution in [0.2, 0.25) is 0 Å². The molecule has 4 aromatic rings. The van der Waals surface area contributed by atoms with E-state index >= 15 is 0 Å². The zero-order valence-corrected chi connectivity index (χ0v) is 13.7. The Morgan fingerprint density at radius 1 is 1.38 bits per heavy atom. The van der Waals surface area contributed by atoms with Crippen molar-refractivity contribution in [2.75, 3.05) is 5.75 Å². The molecule has 1 atom stereocenters. The van der Waals surface area contributed by atoms with Gasteiger partial charge in [0.1, 0.15) is 5.76 Å². The van der Waals surface area contributed by atoms with Crippen LogP contribution < -0.4 is 5.32 Å². The number of nitrogens with one attached hydrogen (secondary N) is 2. The van der Waals surface area contributed by atoms with Crippen molar-refractivity contribution in [3.05, 3.63) is 48.4 Å². The van der Waals surface area contributed by atoms with Gasteiger partial charge < -0.3 is 9.73 Å². The highest BCUT2D eigenvalue weighted by molar-refractivity contribution is 7.99. The van der Waals surface area contributed by atoms with Crippen LogP contribution in [0.1, 0.15) is 18.7 Å². The molecule has 0 aliphatic carbocycles. The van der Waals surface area contributed by atoms with E-state index in [1.54, 1.807) is 12.3 Å². The maximum absolute atomic E-state index is 12.1. The number of H-pyrrole nitrogens is 1. The van der Waals surface area contributed by atoms with Crippen LogP contribution in [0.3, 0.4) is 0 Å². The number of hydrogen-bond donors (Lipinski definition) is 2. The molecule has 0 radical (unpaired) electrons. The summed E-state index contributed by atoms with van der Waals surface area (Å²) in [5.74, 6) is 1.58. The number of hydrogen-bond acceptors (Lipinski definition) is 5. The van der Waals surface area contributed by atoms with E-state index in [1.807, 2.05) is 41.7 Å². The van der Waals surface area contributed by atoms with Gasteiger partial charge in [-0.3, -0.25) is 9.20 Å². The SMILES string of the molecule is C[C@@H](NC(=O)CSc1n[nH]c2nc3ccccc3n12)c1ccco1. The molecule has 0 fully saturated rings. The lowest BCUT2D eigenvalue weighted by molar-refractivity contribution is -0.119.